The number of alkyl halides is 3. The fourth-order valence-corrected chi connectivity index (χ4v) is 4.69. The van der Waals surface area contributed by atoms with Crippen LogP contribution in [0.15, 0.2) is 23.7 Å². The van der Waals surface area contributed by atoms with Gasteiger partial charge in [-0.05, 0) is 31.1 Å². The van der Waals surface area contributed by atoms with Crippen molar-refractivity contribution in [3.8, 4) is 0 Å². The number of aromatic nitrogens is 1. The van der Waals surface area contributed by atoms with E-state index in [4.69, 9.17) is 33.7 Å². The monoisotopic (exact) mass is 564 g/mol. The van der Waals surface area contributed by atoms with Crippen LogP contribution in [0.1, 0.15) is 56.8 Å². The van der Waals surface area contributed by atoms with E-state index in [0.717, 1.165) is 4.90 Å². The van der Waals surface area contributed by atoms with Crippen molar-refractivity contribution in [3.05, 3.63) is 39.3 Å². The Balaban J connectivity index is 2.43. The third-order valence-electron chi connectivity index (χ3n) is 5.77. The Morgan fingerprint density at radius 1 is 1.14 bits per heavy atom. The van der Waals surface area contributed by atoms with Gasteiger partial charge in [-0.25, -0.2) is 0 Å². The highest BCUT2D eigenvalue weighted by molar-refractivity contribution is 6.39. The van der Waals surface area contributed by atoms with E-state index < -0.39 is 59.0 Å². The molecule has 8 nitrogen and oxygen atoms in total. The Bertz CT molecular complexity index is 1060. The molecule has 0 aliphatic heterocycles. The highest BCUT2D eigenvalue weighted by Crippen LogP contribution is 2.32. The summed E-state index contributed by atoms with van der Waals surface area (Å²) in [6, 6.07) is -0.734. The van der Waals surface area contributed by atoms with Gasteiger partial charge in [0.1, 0.15) is 5.70 Å². The molecule has 0 radical (unpaired) electrons. The van der Waals surface area contributed by atoms with E-state index in [9.17, 15) is 27.6 Å². The van der Waals surface area contributed by atoms with Crippen molar-refractivity contribution in [2.24, 2.45) is 11.3 Å². The van der Waals surface area contributed by atoms with Gasteiger partial charge in [0, 0.05) is 31.2 Å². The highest BCUT2D eigenvalue weighted by atomic mass is 35.5. The third kappa shape index (κ3) is 8.43. The lowest BCUT2D eigenvalue weighted by atomic mass is 9.86. The maximum absolute atomic E-state index is 14.1. The number of nitrogens with zero attached hydrogens (tertiary/aromatic N) is 2. The minimum atomic E-state index is -5.01. The molecule has 0 unspecified atom stereocenters. The molecule has 1 aliphatic carbocycles. The second-order valence-corrected chi connectivity index (χ2v) is 10.9. The number of ketones is 1. The topological polar surface area (TPSA) is 123 Å². The second kappa shape index (κ2) is 12.3. The average molecular weight is 565 g/mol. The van der Waals surface area contributed by atoms with E-state index in [1.165, 1.54) is 12.4 Å². The number of carbonyl (C=O) groups excluding carboxylic acids is 2. The average Bonchev–Trinajstić information content (AvgIpc) is 2.77. The first-order valence-electron chi connectivity index (χ1n) is 11.5. The first kappa shape index (κ1) is 30.6. The lowest BCUT2D eigenvalue weighted by Gasteiger charge is -2.32. The number of nitrogens with one attached hydrogen (secondary N) is 2. The fourth-order valence-electron chi connectivity index (χ4n) is 4.11. The van der Waals surface area contributed by atoms with E-state index >= 15 is 0 Å². The first-order valence-corrected chi connectivity index (χ1v) is 12.2. The largest absolute Gasteiger partial charge is 0.481 e. The van der Waals surface area contributed by atoms with Gasteiger partial charge in [-0.2, -0.15) is 13.2 Å². The van der Waals surface area contributed by atoms with Crippen LogP contribution in [-0.2, 0) is 9.59 Å². The summed E-state index contributed by atoms with van der Waals surface area (Å²) < 4.78 is 42.3. The number of halogens is 5. The quantitative estimate of drug-likeness (QED) is 0.216. The van der Waals surface area contributed by atoms with Crippen molar-refractivity contribution in [2.75, 3.05) is 13.1 Å². The summed E-state index contributed by atoms with van der Waals surface area (Å²) in [5.74, 6) is -3.51. The van der Waals surface area contributed by atoms with Crippen molar-refractivity contribution >= 4 is 47.1 Å². The molecule has 0 spiro atoms. The number of carbonyl (C=O) groups is 3. The van der Waals surface area contributed by atoms with Gasteiger partial charge >= 0.3 is 12.1 Å². The second-order valence-electron chi connectivity index (χ2n) is 10.1. The van der Waals surface area contributed by atoms with Crippen LogP contribution in [0, 0.1) is 16.7 Å². The Kier molecular flexibility index (Phi) is 10.1. The van der Waals surface area contributed by atoms with Crippen LogP contribution in [0.2, 0.25) is 10.0 Å². The summed E-state index contributed by atoms with van der Waals surface area (Å²) in [4.78, 5) is 42.3. The van der Waals surface area contributed by atoms with Crippen LogP contribution in [0.3, 0.4) is 0 Å². The molecule has 1 fully saturated rings. The zero-order valence-corrected chi connectivity index (χ0v) is 22.1. The number of allylic oxidation sites excluding steroid dienone is 1. The molecule has 1 aromatic rings. The molecule has 1 saturated carbocycles. The number of hydrogen-bond donors (Lipinski definition) is 3. The van der Waals surface area contributed by atoms with Crippen LogP contribution in [-0.4, -0.2) is 64.2 Å². The molecule has 0 saturated heterocycles. The summed E-state index contributed by atoms with van der Waals surface area (Å²) in [5.41, 5.74) is -3.10. The molecule has 37 heavy (non-hydrogen) atoms. The van der Waals surface area contributed by atoms with Gasteiger partial charge in [0.15, 0.2) is 5.78 Å². The van der Waals surface area contributed by atoms with E-state index in [-0.39, 0.29) is 47.8 Å². The lowest BCUT2D eigenvalue weighted by molar-refractivity contribution is -0.143. The smallest absolute Gasteiger partial charge is 0.431 e. The summed E-state index contributed by atoms with van der Waals surface area (Å²) in [6.07, 6.45) is -1.66. The number of carboxylic acids is 1. The number of amides is 1. The molecule has 1 amide bonds. The molecule has 2 rings (SSSR count). The predicted molar refractivity (Wildman–Crippen MR) is 133 cm³/mol. The zero-order chi connectivity index (χ0) is 28.1. The summed E-state index contributed by atoms with van der Waals surface area (Å²) in [5, 5.41) is 19.0. The van der Waals surface area contributed by atoms with Crippen molar-refractivity contribution in [2.45, 2.75) is 58.7 Å². The molecule has 1 aromatic heterocycles. The lowest BCUT2D eigenvalue weighted by Crippen LogP contribution is -2.45. The maximum atomic E-state index is 14.1. The third-order valence-corrected chi connectivity index (χ3v) is 6.34. The number of pyridine rings is 1. The molecule has 204 valence electrons. The van der Waals surface area contributed by atoms with Gasteiger partial charge in [-0.3, -0.25) is 19.4 Å². The maximum Gasteiger partial charge on any atom is 0.431 e. The van der Waals surface area contributed by atoms with Crippen LogP contribution in [0.4, 0.5) is 13.2 Å². The van der Waals surface area contributed by atoms with Crippen molar-refractivity contribution in [3.63, 3.8) is 0 Å². The van der Waals surface area contributed by atoms with Gasteiger partial charge < -0.3 is 20.7 Å². The minimum absolute atomic E-state index is 0.0712. The Hall–Kier alpha value is -2.66. The Morgan fingerprint density at radius 2 is 1.68 bits per heavy atom. The van der Waals surface area contributed by atoms with Crippen LogP contribution >= 0.6 is 23.2 Å². The number of rotatable bonds is 9. The number of aliphatic carboxylic acids is 1. The summed E-state index contributed by atoms with van der Waals surface area (Å²) in [6.45, 7) is 4.47. The van der Waals surface area contributed by atoms with Crippen molar-refractivity contribution in [1.82, 2.24) is 15.2 Å². The molecular formula is C24H29Cl2F3N4O4. The molecule has 0 atom stereocenters. The molecular weight excluding hydrogens is 536 g/mol. The fraction of sp³-hybridized carbons (Fsp3) is 0.542. The van der Waals surface area contributed by atoms with Crippen molar-refractivity contribution < 1.29 is 32.7 Å². The minimum Gasteiger partial charge on any atom is -0.481 e. The SMILES string of the molecule is CC(C)(C)CN(CC(=O)c1c(Cl)cncc1Cl)C(=O)/C(C=N)=C(/N[C@H]1CC[C@@H](C(=O)O)CC1)C(F)(F)F. The summed E-state index contributed by atoms with van der Waals surface area (Å²) >= 11 is 12.1. The van der Waals surface area contributed by atoms with Gasteiger partial charge in [0.2, 0.25) is 0 Å². The molecule has 0 bridgehead atoms. The van der Waals surface area contributed by atoms with Gasteiger partial charge in [0.25, 0.3) is 5.91 Å². The normalized spacial score (nSPS) is 19.0. The number of hydrogen-bond acceptors (Lipinski definition) is 6. The number of carboxylic acid groups (broad SMARTS) is 1. The van der Waals surface area contributed by atoms with Gasteiger partial charge in [-0.15, -0.1) is 0 Å². The Morgan fingerprint density at radius 3 is 2.11 bits per heavy atom. The van der Waals surface area contributed by atoms with E-state index in [2.05, 4.69) is 10.3 Å². The Labute approximate surface area is 222 Å². The molecule has 13 heteroatoms. The first-order chi connectivity index (χ1) is 17.0. The molecule has 0 aromatic carbocycles. The standard InChI is InChI=1S/C24H29Cl2F3N4O4/c1-23(2,3)12-33(11-18(34)19-16(25)9-31-10-17(19)26)21(35)15(8-30)20(24(27,28)29)32-14-6-4-13(5-7-14)22(36)37/h8-10,13-14,30,32H,4-7,11-12H2,1-3H3,(H,36,37)/b20-15+,30-8?/t13-,14+. The zero-order valence-electron chi connectivity index (χ0n) is 20.6. The van der Waals surface area contributed by atoms with Crippen molar-refractivity contribution in [1.29, 1.82) is 5.41 Å². The van der Waals surface area contributed by atoms with E-state index in [1.54, 1.807) is 20.8 Å². The van der Waals surface area contributed by atoms with Gasteiger partial charge in [-0.1, -0.05) is 44.0 Å². The number of Topliss-reactive ketones (excluding diaryl/α,β-unsaturated/α-hetero) is 1. The van der Waals surface area contributed by atoms with Crippen LogP contribution in [0.5, 0.6) is 0 Å². The van der Waals surface area contributed by atoms with Crippen LogP contribution < -0.4 is 5.32 Å². The predicted octanol–water partition coefficient (Wildman–Crippen LogP) is 5.14. The van der Waals surface area contributed by atoms with Gasteiger partial charge in [0.05, 0.1) is 33.6 Å². The highest BCUT2D eigenvalue weighted by Gasteiger charge is 2.41. The molecule has 1 heterocycles. The van der Waals surface area contributed by atoms with Crippen LogP contribution in [0.25, 0.3) is 0 Å². The van der Waals surface area contributed by atoms with E-state index in [0.29, 0.717) is 6.21 Å². The molecule has 3 N–H and O–H groups in total. The molecule has 1 aliphatic rings. The van der Waals surface area contributed by atoms with E-state index in [1.807, 2.05) is 0 Å². The summed E-state index contributed by atoms with van der Waals surface area (Å²) in [7, 11) is 0.